The minimum atomic E-state index is -0.448. The van der Waals surface area contributed by atoms with Crippen LogP contribution < -0.4 is 33.7 Å². The van der Waals surface area contributed by atoms with Gasteiger partial charge in [0.05, 0.1) is 19.0 Å². The number of aromatic nitrogens is 12. The highest BCUT2D eigenvalue weighted by molar-refractivity contribution is 9.09. The summed E-state index contributed by atoms with van der Waals surface area (Å²) in [4.78, 5) is 87.0. The lowest BCUT2D eigenvalue weighted by Crippen LogP contribution is -2.39. The van der Waals surface area contributed by atoms with E-state index in [9.17, 15) is 28.8 Å². The Morgan fingerprint density at radius 2 is 0.787 bits per heavy atom. The Hall–Kier alpha value is -9.45. The van der Waals surface area contributed by atoms with Crippen LogP contribution in [-0.2, 0) is 74.6 Å². The SMILES string of the molecule is Cc1cc2ccccc2o1.ClCCCBr.ClCCCCc1cc2ccccc2o1.Cn1cnc2c1c(=O)[nH]c(=O)n2C.Cn1cnc2c1c(=O)n(CCCCc1cc3ccccc3o1)c(=O)n2C.Cn1cnc2c1c(=O)n(CCCCc1cc3ccccc3o1)c(=O)n2C. The van der Waals surface area contributed by atoms with Crippen molar-refractivity contribution < 1.29 is 17.7 Å². The molecule has 0 atom stereocenters. The number of nitrogens with one attached hydrogen (secondary N) is 1. The largest absolute Gasteiger partial charge is 0.461 e. The van der Waals surface area contributed by atoms with Crippen molar-refractivity contribution in [2.75, 3.05) is 17.1 Å². The molecule has 94 heavy (non-hydrogen) atoms. The molecule has 25 heteroatoms. The topological polar surface area (TPSA) is 249 Å². The molecular weight excluding hydrogens is 1310 g/mol. The van der Waals surface area contributed by atoms with Gasteiger partial charge in [-0.05, 0) is 100 Å². The molecule has 14 rings (SSSR count). The van der Waals surface area contributed by atoms with Crippen molar-refractivity contribution in [2.45, 2.75) is 84.2 Å². The van der Waals surface area contributed by atoms with Crippen LogP contribution in [0.3, 0.4) is 0 Å². The highest BCUT2D eigenvalue weighted by Crippen LogP contribution is 2.23. The molecule has 0 saturated heterocycles. The average Bonchev–Trinajstić information content (AvgIpc) is 1.59. The first-order chi connectivity index (χ1) is 45.4. The highest BCUT2D eigenvalue weighted by Gasteiger charge is 2.17. The Morgan fingerprint density at radius 3 is 1.15 bits per heavy atom. The molecule has 14 aromatic rings. The van der Waals surface area contributed by atoms with Crippen LogP contribution in [0.5, 0.6) is 0 Å². The van der Waals surface area contributed by atoms with Gasteiger partial charge in [0.25, 0.3) is 16.7 Å². The predicted molar refractivity (Wildman–Crippen MR) is 375 cm³/mol. The van der Waals surface area contributed by atoms with Gasteiger partial charge < -0.3 is 31.4 Å². The molecule has 0 unspecified atom stereocenters. The fourth-order valence-electron chi connectivity index (χ4n) is 10.6. The van der Waals surface area contributed by atoms with E-state index in [1.807, 2.05) is 116 Å². The lowest BCUT2D eigenvalue weighted by Gasteiger charge is -2.08. The standard InChI is InChI=1S/2C19H20N4O3.C12H13ClO.C9H8O.C7H8N4O2.C3H6BrCl/c2*1-21-12-20-17-16(21)18(24)23(19(25)22(17)2)10-6-5-8-14-11-13-7-3-4-9-15(13)26-14;13-8-4-3-6-11-9-10-5-1-2-7-12(10)14-11;1-7-6-8-4-2-3-5-9(8)10-7;1-10-3-8-5-4(10)6(12)9-7(13)11(5)2;4-2-1-3-5/h2*3-4,7,9,11-12H,5-6,8,10H2,1-2H3;1-2,5,7,9H,3-4,6,8H2;2-6H,1H3;3H,1-2H3,(H,9,12,13);1-3H2. The summed E-state index contributed by atoms with van der Waals surface area (Å²) in [7, 11) is 10.1. The molecule has 0 aliphatic rings. The smallest absolute Gasteiger partial charge is 0.332 e. The third-order valence-electron chi connectivity index (χ3n) is 15.5. The molecule has 0 radical (unpaired) electrons. The van der Waals surface area contributed by atoms with Crippen LogP contribution >= 0.6 is 39.1 Å². The van der Waals surface area contributed by atoms with Crippen LogP contribution in [0, 0.1) is 6.92 Å². The second-order valence-electron chi connectivity index (χ2n) is 22.4. The number of aromatic amines is 1. The van der Waals surface area contributed by atoms with Gasteiger partial charge in [-0.1, -0.05) is 88.7 Å². The van der Waals surface area contributed by atoms with Crippen molar-refractivity contribution in [2.24, 2.45) is 42.3 Å². The summed E-state index contributed by atoms with van der Waals surface area (Å²) in [6.07, 6.45) is 13.5. The second-order valence-corrected chi connectivity index (χ2v) is 24.0. The van der Waals surface area contributed by atoms with Crippen LogP contribution in [0.25, 0.3) is 77.4 Å². The van der Waals surface area contributed by atoms with E-state index >= 15 is 0 Å². The van der Waals surface area contributed by atoms with E-state index in [1.54, 1.807) is 68.6 Å². The zero-order chi connectivity index (χ0) is 67.0. The molecule has 0 aliphatic heterocycles. The van der Waals surface area contributed by atoms with Gasteiger partial charge >= 0.3 is 17.1 Å². The van der Waals surface area contributed by atoms with Crippen LogP contribution in [0.4, 0.5) is 0 Å². The third kappa shape index (κ3) is 16.5. The number of rotatable bonds is 16. The maximum absolute atomic E-state index is 12.6. The third-order valence-corrected chi connectivity index (χ3v) is 16.6. The summed E-state index contributed by atoms with van der Waals surface area (Å²) in [5, 5.41) is 5.58. The number of benzene rings is 4. The van der Waals surface area contributed by atoms with Gasteiger partial charge in [-0.25, -0.2) is 29.3 Å². The minimum Gasteiger partial charge on any atom is -0.461 e. The Labute approximate surface area is 557 Å². The second kappa shape index (κ2) is 32.4. The number of nitrogens with zero attached hydrogens (tertiary/aromatic N) is 11. The molecule has 0 amide bonds. The van der Waals surface area contributed by atoms with Gasteiger partial charge in [0.15, 0.2) is 33.5 Å². The molecule has 492 valence electrons. The zero-order valence-electron chi connectivity index (χ0n) is 53.5. The number of halogens is 3. The van der Waals surface area contributed by atoms with Gasteiger partial charge in [-0.3, -0.25) is 42.2 Å². The monoisotopic (exact) mass is 1380 g/mol. The summed E-state index contributed by atoms with van der Waals surface area (Å²) in [5.41, 5.74) is 4.17. The zero-order valence-corrected chi connectivity index (χ0v) is 56.6. The number of H-pyrrole nitrogens is 1. The van der Waals surface area contributed by atoms with Gasteiger partial charge in [-0.15, -0.1) is 23.2 Å². The number of aryl methyl sites for hydroxylation is 10. The van der Waals surface area contributed by atoms with E-state index in [2.05, 4.69) is 48.0 Å². The number of hydrogen-bond acceptors (Lipinski definition) is 13. The highest BCUT2D eigenvalue weighted by atomic mass is 79.9. The number of hydrogen-bond donors (Lipinski definition) is 1. The predicted octanol–water partition coefficient (Wildman–Crippen LogP) is 12.1. The fraction of sp³-hybridized carbons (Fsp3) is 0.319. The van der Waals surface area contributed by atoms with Crippen molar-refractivity contribution in [3.05, 3.63) is 226 Å². The summed E-state index contributed by atoms with van der Waals surface area (Å²) in [6.45, 7) is 2.72. The quantitative estimate of drug-likeness (QED) is 0.0699. The summed E-state index contributed by atoms with van der Waals surface area (Å²) in [5.74, 6) is 5.39. The molecule has 0 fully saturated rings. The van der Waals surface area contributed by atoms with Gasteiger partial charge in [0, 0.05) is 113 Å². The van der Waals surface area contributed by atoms with E-state index in [-0.39, 0.29) is 22.5 Å². The first-order valence-electron chi connectivity index (χ1n) is 30.8. The molecule has 0 saturated carbocycles. The molecular formula is C69H75BrCl2N12O10. The molecule has 10 heterocycles. The van der Waals surface area contributed by atoms with Crippen molar-refractivity contribution in [3.8, 4) is 0 Å². The molecule has 0 bridgehead atoms. The number of imidazole rings is 3. The molecule has 4 aromatic carbocycles. The van der Waals surface area contributed by atoms with Crippen LogP contribution in [-0.4, -0.2) is 73.6 Å². The maximum Gasteiger partial charge on any atom is 0.332 e. The number of furan rings is 4. The first-order valence-corrected chi connectivity index (χ1v) is 33.0. The molecule has 0 aliphatic carbocycles. The van der Waals surface area contributed by atoms with E-state index in [1.165, 1.54) is 39.9 Å². The van der Waals surface area contributed by atoms with Crippen LogP contribution in [0.15, 0.2) is 187 Å². The first kappa shape index (κ1) is 68.9. The van der Waals surface area contributed by atoms with Crippen molar-refractivity contribution in [1.29, 1.82) is 0 Å². The summed E-state index contributed by atoms with van der Waals surface area (Å²) in [6, 6.07) is 40.2. The lowest BCUT2D eigenvalue weighted by atomic mass is 10.2. The number of fused-ring (bicyclic) bond motifs is 7. The van der Waals surface area contributed by atoms with Gasteiger partial charge in [0.2, 0.25) is 0 Å². The molecule has 0 spiro atoms. The van der Waals surface area contributed by atoms with E-state index in [4.69, 9.17) is 40.9 Å². The fourth-order valence-corrected chi connectivity index (χ4v) is 11.6. The van der Waals surface area contributed by atoms with Gasteiger partial charge in [-0.2, -0.15) is 0 Å². The van der Waals surface area contributed by atoms with Crippen molar-refractivity contribution >= 4 is 117 Å². The van der Waals surface area contributed by atoms with Crippen LogP contribution in [0.1, 0.15) is 68.0 Å². The van der Waals surface area contributed by atoms with Gasteiger partial charge in [0.1, 0.15) is 45.4 Å². The van der Waals surface area contributed by atoms with E-state index in [0.29, 0.717) is 46.6 Å². The summed E-state index contributed by atoms with van der Waals surface area (Å²) < 4.78 is 34.3. The van der Waals surface area contributed by atoms with E-state index in [0.717, 1.165) is 137 Å². The molecule has 1 N–H and O–H groups in total. The Morgan fingerprint density at radius 1 is 0.436 bits per heavy atom. The van der Waals surface area contributed by atoms with Crippen molar-refractivity contribution in [1.82, 2.24) is 56.5 Å². The Balaban J connectivity index is 0.000000142. The number of unbranched alkanes of at least 4 members (excludes halogenated alkanes) is 3. The maximum atomic E-state index is 12.6. The Kier molecular flexibility index (Phi) is 23.8. The Bertz CT molecular complexity index is 4910. The minimum absolute atomic E-state index is 0.285. The molecule has 10 aromatic heterocycles. The average molecular weight is 1380 g/mol. The number of para-hydroxylation sites is 4. The van der Waals surface area contributed by atoms with Crippen LogP contribution in [0.2, 0.25) is 0 Å². The normalized spacial score (nSPS) is 11.1. The lowest BCUT2D eigenvalue weighted by molar-refractivity contribution is 0.506. The number of alkyl halides is 3. The van der Waals surface area contributed by atoms with E-state index < -0.39 is 11.2 Å². The summed E-state index contributed by atoms with van der Waals surface area (Å²) >= 11 is 14.1. The molecule has 22 nitrogen and oxygen atoms in total. The van der Waals surface area contributed by atoms with Crippen molar-refractivity contribution in [3.63, 3.8) is 0 Å².